The number of hydrogen-bond acceptors (Lipinski definition) is 5. The maximum absolute atomic E-state index is 12.5. The highest BCUT2D eigenvalue weighted by Crippen LogP contribution is 2.35. The number of aromatic nitrogens is 2. The zero-order valence-electron chi connectivity index (χ0n) is 16.7. The molecule has 1 aromatic carbocycles. The van der Waals surface area contributed by atoms with Crippen LogP contribution in [-0.2, 0) is 17.6 Å². The number of aryl methyl sites for hydroxylation is 1. The number of thioether (sulfide) groups is 1. The molecule has 2 heterocycles. The fourth-order valence-corrected chi connectivity index (χ4v) is 4.62. The smallest absolute Gasteiger partial charge is 0.237 e. The third-order valence-electron chi connectivity index (χ3n) is 5.33. The van der Waals surface area contributed by atoms with Crippen LogP contribution in [0.1, 0.15) is 41.6 Å². The van der Waals surface area contributed by atoms with Gasteiger partial charge in [0.25, 0.3) is 0 Å². The summed E-state index contributed by atoms with van der Waals surface area (Å²) in [6.45, 7) is 1.82. The van der Waals surface area contributed by atoms with Gasteiger partial charge in [-0.25, -0.2) is 4.98 Å². The Morgan fingerprint density at radius 3 is 2.83 bits per heavy atom. The van der Waals surface area contributed by atoms with Crippen molar-refractivity contribution in [2.45, 2.75) is 42.4 Å². The van der Waals surface area contributed by atoms with Crippen LogP contribution >= 0.6 is 11.8 Å². The Morgan fingerprint density at radius 2 is 2.10 bits per heavy atom. The van der Waals surface area contributed by atoms with Crippen LogP contribution < -0.4 is 5.32 Å². The van der Waals surface area contributed by atoms with E-state index in [1.54, 1.807) is 24.5 Å². The summed E-state index contributed by atoms with van der Waals surface area (Å²) in [4.78, 5) is 21.3. The molecule has 1 amide bonds. The molecule has 2 atom stereocenters. The largest absolute Gasteiger partial charge is 0.324 e. The number of amides is 1. The van der Waals surface area contributed by atoms with Crippen molar-refractivity contribution < 1.29 is 4.79 Å². The first kappa shape index (κ1) is 20.1. The third-order valence-corrected chi connectivity index (χ3v) is 6.43. The highest BCUT2D eigenvalue weighted by molar-refractivity contribution is 8.00. The van der Waals surface area contributed by atoms with Gasteiger partial charge in [0.2, 0.25) is 5.91 Å². The first-order valence-corrected chi connectivity index (χ1v) is 10.9. The molecule has 2 aromatic heterocycles. The van der Waals surface area contributed by atoms with Crippen molar-refractivity contribution in [2.75, 3.05) is 5.32 Å². The summed E-state index contributed by atoms with van der Waals surface area (Å²) < 4.78 is 0. The van der Waals surface area contributed by atoms with E-state index in [1.165, 1.54) is 17.3 Å². The van der Waals surface area contributed by atoms with Gasteiger partial charge in [-0.1, -0.05) is 42.1 Å². The Bertz CT molecular complexity index is 1080. The number of hydrogen-bond donors (Lipinski definition) is 1. The molecule has 0 aliphatic heterocycles. The molecule has 1 N–H and O–H groups in total. The van der Waals surface area contributed by atoms with E-state index in [4.69, 9.17) is 4.98 Å². The predicted molar refractivity (Wildman–Crippen MR) is 118 cm³/mol. The van der Waals surface area contributed by atoms with Crippen LogP contribution in [-0.4, -0.2) is 21.1 Å². The van der Waals surface area contributed by atoms with Gasteiger partial charge in [-0.2, -0.15) is 5.26 Å². The zero-order valence-corrected chi connectivity index (χ0v) is 17.5. The summed E-state index contributed by atoms with van der Waals surface area (Å²) in [5, 5.41) is 12.8. The maximum Gasteiger partial charge on any atom is 0.237 e. The summed E-state index contributed by atoms with van der Waals surface area (Å²) in [6, 6.07) is 18.3. The number of carbonyl (C=O) groups is 1. The molecule has 30 heavy (non-hydrogen) atoms. The fourth-order valence-electron chi connectivity index (χ4n) is 3.73. The quantitative estimate of drug-likeness (QED) is 0.610. The SMILES string of the molecule is CC(Sc1nc2c(cc1C#N)CC(c1ccccc1)CC2)C(=O)Nc1cccnc1. The van der Waals surface area contributed by atoms with E-state index in [2.05, 4.69) is 40.6 Å². The lowest BCUT2D eigenvalue weighted by molar-refractivity contribution is -0.115. The normalized spacial score (nSPS) is 16.2. The van der Waals surface area contributed by atoms with Crippen molar-refractivity contribution in [1.82, 2.24) is 9.97 Å². The molecule has 3 aromatic rings. The summed E-state index contributed by atoms with van der Waals surface area (Å²) in [5.41, 5.74) is 4.71. The molecule has 1 aliphatic rings. The van der Waals surface area contributed by atoms with Gasteiger partial charge >= 0.3 is 0 Å². The highest BCUT2D eigenvalue weighted by atomic mass is 32.2. The van der Waals surface area contributed by atoms with Gasteiger partial charge in [0.05, 0.1) is 22.7 Å². The van der Waals surface area contributed by atoms with Gasteiger partial charge in [0, 0.05) is 11.9 Å². The fraction of sp³-hybridized carbons (Fsp3) is 0.250. The molecule has 0 spiro atoms. The number of nitriles is 1. The van der Waals surface area contributed by atoms with Crippen molar-refractivity contribution in [3.8, 4) is 6.07 Å². The number of benzene rings is 1. The summed E-state index contributed by atoms with van der Waals surface area (Å²) >= 11 is 1.33. The van der Waals surface area contributed by atoms with Crippen LogP contribution in [0.25, 0.3) is 0 Å². The number of nitrogens with one attached hydrogen (secondary N) is 1. The summed E-state index contributed by atoms with van der Waals surface area (Å²) in [7, 11) is 0. The average molecular weight is 415 g/mol. The van der Waals surface area contributed by atoms with Crippen LogP contribution in [0.3, 0.4) is 0 Å². The van der Waals surface area contributed by atoms with Gasteiger partial charge in [-0.15, -0.1) is 0 Å². The molecule has 0 saturated carbocycles. The van der Waals surface area contributed by atoms with Crippen LogP contribution in [0.15, 0.2) is 66.0 Å². The minimum atomic E-state index is -0.386. The molecule has 2 unspecified atom stereocenters. The van der Waals surface area contributed by atoms with Crippen molar-refractivity contribution in [3.05, 3.63) is 83.3 Å². The lowest BCUT2D eigenvalue weighted by Crippen LogP contribution is -2.23. The van der Waals surface area contributed by atoms with Gasteiger partial charge in [-0.05, 0) is 61.4 Å². The molecule has 6 heteroatoms. The molecule has 4 rings (SSSR count). The van der Waals surface area contributed by atoms with Gasteiger partial charge in [0.1, 0.15) is 11.1 Å². The number of carbonyl (C=O) groups excluding carboxylic acids is 1. The Morgan fingerprint density at radius 1 is 1.27 bits per heavy atom. The van der Waals surface area contributed by atoms with Crippen molar-refractivity contribution >= 4 is 23.4 Å². The van der Waals surface area contributed by atoms with Gasteiger partial charge in [0.15, 0.2) is 0 Å². The lowest BCUT2D eigenvalue weighted by Gasteiger charge is -2.25. The molecule has 0 fully saturated rings. The molecule has 0 bridgehead atoms. The van der Waals surface area contributed by atoms with E-state index in [0.29, 0.717) is 22.2 Å². The second kappa shape index (κ2) is 9.10. The highest BCUT2D eigenvalue weighted by Gasteiger charge is 2.24. The van der Waals surface area contributed by atoms with Gasteiger partial charge in [-0.3, -0.25) is 9.78 Å². The standard InChI is InChI=1S/C24H22N4OS/c1-16(23(29)27-21-8-5-11-26-15-21)30-24-20(14-25)13-19-12-18(9-10-22(19)28-24)17-6-3-2-4-7-17/h2-8,11,13,15-16,18H,9-10,12H2,1H3,(H,27,29). The number of pyridine rings is 2. The third kappa shape index (κ3) is 4.52. The maximum atomic E-state index is 12.5. The Hall–Kier alpha value is -3.17. The molecular weight excluding hydrogens is 392 g/mol. The summed E-state index contributed by atoms with van der Waals surface area (Å²) in [6.07, 6.45) is 6.08. The minimum absolute atomic E-state index is 0.138. The second-order valence-electron chi connectivity index (χ2n) is 7.40. The summed E-state index contributed by atoms with van der Waals surface area (Å²) in [5.74, 6) is 0.315. The molecular formula is C24H22N4OS. The first-order valence-electron chi connectivity index (χ1n) is 9.99. The number of nitrogens with zero attached hydrogens (tertiary/aromatic N) is 3. The first-order chi connectivity index (χ1) is 14.6. The average Bonchev–Trinajstić information content (AvgIpc) is 2.79. The Kier molecular flexibility index (Phi) is 6.10. The Balaban J connectivity index is 1.50. The zero-order chi connectivity index (χ0) is 20.9. The van der Waals surface area contributed by atoms with Crippen molar-refractivity contribution in [1.29, 1.82) is 5.26 Å². The topological polar surface area (TPSA) is 78.7 Å². The monoisotopic (exact) mass is 414 g/mol. The number of rotatable bonds is 5. The molecule has 0 saturated heterocycles. The van der Waals surface area contributed by atoms with E-state index < -0.39 is 0 Å². The van der Waals surface area contributed by atoms with Gasteiger partial charge < -0.3 is 5.32 Å². The molecule has 0 radical (unpaired) electrons. The van der Waals surface area contributed by atoms with Crippen molar-refractivity contribution in [2.24, 2.45) is 0 Å². The van der Waals surface area contributed by atoms with E-state index in [-0.39, 0.29) is 11.2 Å². The van der Waals surface area contributed by atoms with Crippen LogP contribution in [0.2, 0.25) is 0 Å². The van der Waals surface area contributed by atoms with E-state index >= 15 is 0 Å². The predicted octanol–water partition coefficient (Wildman–Crippen LogP) is 4.74. The molecule has 1 aliphatic carbocycles. The van der Waals surface area contributed by atoms with Crippen molar-refractivity contribution in [3.63, 3.8) is 0 Å². The van der Waals surface area contributed by atoms with Crippen LogP contribution in [0.5, 0.6) is 0 Å². The molecule has 5 nitrogen and oxygen atoms in total. The number of anilines is 1. The van der Waals surface area contributed by atoms with Crippen LogP contribution in [0.4, 0.5) is 5.69 Å². The van der Waals surface area contributed by atoms with E-state index in [1.807, 2.05) is 19.1 Å². The van der Waals surface area contributed by atoms with E-state index in [9.17, 15) is 10.1 Å². The Labute approximate surface area is 180 Å². The minimum Gasteiger partial charge on any atom is -0.324 e. The lowest BCUT2D eigenvalue weighted by atomic mass is 9.82. The molecule has 150 valence electrons. The van der Waals surface area contributed by atoms with E-state index in [0.717, 1.165) is 30.5 Å². The number of fused-ring (bicyclic) bond motifs is 1. The van der Waals surface area contributed by atoms with Crippen LogP contribution in [0, 0.1) is 11.3 Å². The second-order valence-corrected chi connectivity index (χ2v) is 8.73.